The van der Waals surface area contributed by atoms with E-state index >= 15 is 0 Å². The third-order valence-electron chi connectivity index (χ3n) is 1.70. The Hall–Kier alpha value is -1.62. The van der Waals surface area contributed by atoms with Gasteiger partial charge in [0.05, 0.1) is 0 Å². The topological polar surface area (TPSA) is 75.6 Å². The van der Waals surface area contributed by atoms with Crippen molar-refractivity contribution in [2.45, 2.75) is 40.2 Å². The third kappa shape index (κ3) is 16.4. The first-order valence-electron chi connectivity index (χ1n) is 5.94. The fourth-order valence-corrected chi connectivity index (χ4v) is 0.693. The highest BCUT2D eigenvalue weighted by Crippen LogP contribution is 1.97. The molecular formula is C14H25NO4. The van der Waals surface area contributed by atoms with E-state index in [1.54, 1.807) is 6.92 Å². The second-order valence-corrected chi connectivity index (χ2v) is 5.18. The molecule has 2 N–H and O–H groups in total. The molecule has 0 saturated carbocycles. The van der Waals surface area contributed by atoms with Crippen LogP contribution in [0.15, 0.2) is 24.3 Å². The maximum absolute atomic E-state index is 10.9. The van der Waals surface area contributed by atoms with Crippen LogP contribution >= 0.6 is 0 Å². The lowest BCUT2D eigenvalue weighted by molar-refractivity contribution is -0.139. The third-order valence-corrected chi connectivity index (χ3v) is 1.70. The van der Waals surface area contributed by atoms with Crippen LogP contribution in [0, 0.1) is 0 Å². The number of carbonyl (C=O) groups is 2. The molecule has 0 atom stereocenters. The summed E-state index contributed by atoms with van der Waals surface area (Å²) >= 11 is 0. The van der Waals surface area contributed by atoms with E-state index in [-0.39, 0.29) is 17.1 Å². The Labute approximate surface area is 115 Å². The van der Waals surface area contributed by atoms with Gasteiger partial charge in [0, 0.05) is 23.2 Å². The molecule has 0 amide bonds. The summed E-state index contributed by atoms with van der Waals surface area (Å²) in [5.74, 6) is -1.26. The first kappa shape index (κ1) is 19.7. The van der Waals surface area contributed by atoms with E-state index < -0.39 is 5.97 Å². The zero-order valence-electron chi connectivity index (χ0n) is 12.5. The number of nitrogens with one attached hydrogen (secondary N) is 1. The molecule has 0 aliphatic carbocycles. The summed E-state index contributed by atoms with van der Waals surface area (Å²) in [5, 5.41) is 11.1. The van der Waals surface area contributed by atoms with Gasteiger partial charge in [-0.2, -0.15) is 0 Å². The Morgan fingerprint density at radius 1 is 1.16 bits per heavy atom. The number of aliphatic carboxylic acids is 1. The fraction of sp³-hybridized carbons (Fsp3) is 0.571. The summed E-state index contributed by atoms with van der Waals surface area (Å²) in [6.07, 6.45) is 0. The van der Waals surface area contributed by atoms with E-state index in [4.69, 9.17) is 9.84 Å². The number of ether oxygens (including phenoxy) is 1. The van der Waals surface area contributed by atoms with Crippen LogP contribution < -0.4 is 5.32 Å². The van der Waals surface area contributed by atoms with Crippen LogP contribution in [0.1, 0.15) is 34.6 Å². The van der Waals surface area contributed by atoms with Gasteiger partial charge in [0.25, 0.3) is 0 Å². The van der Waals surface area contributed by atoms with Gasteiger partial charge in [-0.05, 0) is 34.6 Å². The monoisotopic (exact) mass is 271 g/mol. The zero-order valence-corrected chi connectivity index (χ0v) is 12.5. The normalized spacial score (nSPS) is 9.95. The first-order valence-corrected chi connectivity index (χ1v) is 5.94. The summed E-state index contributed by atoms with van der Waals surface area (Å²) in [6, 6.07) is 0. The number of hydrogen-bond acceptors (Lipinski definition) is 4. The smallest absolute Gasteiger partial charge is 0.333 e. The van der Waals surface area contributed by atoms with E-state index in [0.29, 0.717) is 18.7 Å². The van der Waals surface area contributed by atoms with Gasteiger partial charge in [-0.15, -0.1) is 0 Å². The molecule has 0 fully saturated rings. The Morgan fingerprint density at radius 3 is 1.84 bits per heavy atom. The van der Waals surface area contributed by atoms with Crippen LogP contribution in [0.4, 0.5) is 0 Å². The van der Waals surface area contributed by atoms with Crippen LogP contribution in [0.5, 0.6) is 0 Å². The molecule has 19 heavy (non-hydrogen) atoms. The van der Waals surface area contributed by atoms with Gasteiger partial charge in [0.15, 0.2) is 0 Å². The lowest BCUT2D eigenvalue weighted by Crippen LogP contribution is -2.38. The molecule has 0 spiro atoms. The Kier molecular flexibility index (Phi) is 9.68. The number of hydrogen-bond donors (Lipinski definition) is 2. The van der Waals surface area contributed by atoms with E-state index in [9.17, 15) is 9.59 Å². The molecule has 0 aromatic heterocycles. The van der Waals surface area contributed by atoms with Gasteiger partial charge >= 0.3 is 11.9 Å². The minimum Gasteiger partial charge on any atom is -0.478 e. The van der Waals surface area contributed by atoms with Crippen LogP contribution in [0.2, 0.25) is 0 Å². The molecule has 0 rings (SSSR count). The van der Waals surface area contributed by atoms with Crippen LogP contribution in [0.25, 0.3) is 0 Å². The SMILES string of the molecule is C=C(C)C(=O)O.C=C(C)C(=O)OCCNC(C)(C)C. The summed E-state index contributed by atoms with van der Waals surface area (Å²) in [4.78, 5) is 20.5. The second-order valence-electron chi connectivity index (χ2n) is 5.18. The second kappa shape index (κ2) is 9.33. The van der Waals surface area contributed by atoms with Crippen molar-refractivity contribution in [1.29, 1.82) is 0 Å². The van der Waals surface area contributed by atoms with Crippen molar-refractivity contribution in [2.24, 2.45) is 0 Å². The van der Waals surface area contributed by atoms with Crippen LogP contribution in [0.3, 0.4) is 0 Å². The van der Waals surface area contributed by atoms with E-state index in [1.165, 1.54) is 6.92 Å². The molecule has 0 aromatic carbocycles. The maximum Gasteiger partial charge on any atom is 0.333 e. The van der Waals surface area contributed by atoms with Crippen molar-refractivity contribution in [3.05, 3.63) is 24.3 Å². The predicted molar refractivity (Wildman–Crippen MR) is 76.0 cm³/mol. The summed E-state index contributed by atoms with van der Waals surface area (Å²) < 4.78 is 4.90. The summed E-state index contributed by atoms with van der Waals surface area (Å²) in [5.41, 5.74) is 0.682. The highest BCUT2D eigenvalue weighted by molar-refractivity contribution is 5.86. The quantitative estimate of drug-likeness (QED) is 0.455. The van der Waals surface area contributed by atoms with Gasteiger partial charge in [-0.1, -0.05) is 13.2 Å². The number of carboxylic acids is 1. The molecule has 0 unspecified atom stereocenters. The van der Waals surface area contributed by atoms with Crippen molar-refractivity contribution in [1.82, 2.24) is 5.32 Å². The van der Waals surface area contributed by atoms with Crippen molar-refractivity contribution in [2.75, 3.05) is 13.2 Å². The lowest BCUT2D eigenvalue weighted by Gasteiger charge is -2.20. The van der Waals surface area contributed by atoms with Crippen molar-refractivity contribution in [3.8, 4) is 0 Å². The summed E-state index contributed by atoms with van der Waals surface area (Å²) in [6.45, 7) is 17.0. The average molecular weight is 271 g/mol. The average Bonchev–Trinajstić information content (AvgIpc) is 2.23. The Morgan fingerprint density at radius 2 is 1.58 bits per heavy atom. The molecular weight excluding hydrogens is 246 g/mol. The number of carbonyl (C=O) groups excluding carboxylic acids is 1. The maximum atomic E-state index is 10.9. The molecule has 0 saturated heterocycles. The van der Waals surface area contributed by atoms with E-state index in [1.807, 2.05) is 0 Å². The molecule has 5 heteroatoms. The lowest BCUT2D eigenvalue weighted by atomic mass is 10.1. The predicted octanol–water partition coefficient (Wildman–Crippen LogP) is 2.14. The van der Waals surface area contributed by atoms with Crippen molar-refractivity contribution < 1.29 is 19.4 Å². The minimum atomic E-state index is -0.935. The molecule has 0 aliphatic rings. The van der Waals surface area contributed by atoms with Crippen LogP contribution in [-0.2, 0) is 14.3 Å². The van der Waals surface area contributed by atoms with Gasteiger partial charge in [-0.25, -0.2) is 9.59 Å². The number of carboxylic acid groups (broad SMARTS) is 1. The molecule has 110 valence electrons. The largest absolute Gasteiger partial charge is 0.478 e. The Balaban J connectivity index is 0. The van der Waals surface area contributed by atoms with Gasteiger partial charge in [-0.3, -0.25) is 0 Å². The number of rotatable bonds is 5. The molecule has 0 bridgehead atoms. The van der Waals surface area contributed by atoms with E-state index in [0.717, 1.165) is 0 Å². The zero-order chi connectivity index (χ0) is 15.6. The molecule has 5 nitrogen and oxygen atoms in total. The summed E-state index contributed by atoms with van der Waals surface area (Å²) in [7, 11) is 0. The van der Waals surface area contributed by atoms with Crippen molar-refractivity contribution in [3.63, 3.8) is 0 Å². The Bertz CT molecular complexity index is 328. The fourth-order valence-electron chi connectivity index (χ4n) is 0.693. The first-order chi connectivity index (χ1) is 8.47. The van der Waals surface area contributed by atoms with Crippen LogP contribution in [-0.4, -0.2) is 35.7 Å². The molecule has 0 radical (unpaired) electrons. The molecule has 0 aliphatic heterocycles. The highest BCUT2D eigenvalue weighted by atomic mass is 16.5. The van der Waals surface area contributed by atoms with Gasteiger partial charge in [0.2, 0.25) is 0 Å². The van der Waals surface area contributed by atoms with Gasteiger partial charge < -0.3 is 15.2 Å². The molecule has 0 aromatic rings. The minimum absolute atomic E-state index is 0.0651. The van der Waals surface area contributed by atoms with E-state index in [2.05, 4.69) is 39.2 Å². The molecule has 0 heterocycles. The van der Waals surface area contributed by atoms with Crippen molar-refractivity contribution >= 4 is 11.9 Å². The number of esters is 1. The standard InChI is InChI=1S/C10H19NO2.C4H6O2/c1-8(2)9(12)13-7-6-11-10(3,4)5;1-3(2)4(5)6/h11H,1,6-7H2,2-5H3;1H2,2H3,(H,5,6). The van der Waals surface area contributed by atoms with Gasteiger partial charge in [0.1, 0.15) is 6.61 Å². The highest BCUT2D eigenvalue weighted by Gasteiger charge is 2.08.